The van der Waals surface area contributed by atoms with Crippen LogP contribution < -0.4 is 0 Å². The summed E-state index contributed by atoms with van der Waals surface area (Å²) in [6.07, 6.45) is -1.12. The van der Waals surface area contributed by atoms with Gasteiger partial charge in [-0.2, -0.15) is 13.2 Å². The topological polar surface area (TPSA) is 91.9 Å². The number of piperazine rings is 1. The first-order valence-electron chi connectivity index (χ1n) is 10.8. The van der Waals surface area contributed by atoms with Gasteiger partial charge < -0.3 is 19.2 Å². The summed E-state index contributed by atoms with van der Waals surface area (Å²) in [4.78, 5) is 24.7. The first-order valence-corrected chi connectivity index (χ1v) is 11.1. The quantitative estimate of drug-likeness (QED) is 0.579. The van der Waals surface area contributed by atoms with E-state index in [1.807, 2.05) is 4.90 Å². The maximum atomic E-state index is 13.3. The monoisotopic (exact) mass is 508 g/mol. The third kappa shape index (κ3) is 4.52. The number of aliphatic hydroxyl groups is 1. The van der Waals surface area contributed by atoms with Crippen LogP contribution in [0.1, 0.15) is 21.6 Å². The van der Waals surface area contributed by atoms with Gasteiger partial charge >= 0.3 is 6.18 Å². The molecule has 0 radical (unpaired) electrons. The Labute approximate surface area is 202 Å². The van der Waals surface area contributed by atoms with E-state index in [0.717, 1.165) is 12.1 Å². The minimum absolute atomic E-state index is 0.00101. The van der Waals surface area contributed by atoms with Crippen molar-refractivity contribution in [3.63, 3.8) is 0 Å². The molecule has 1 unspecified atom stereocenters. The van der Waals surface area contributed by atoms with E-state index >= 15 is 0 Å². The molecule has 2 fully saturated rings. The fraction of sp³-hybridized carbons (Fsp3) is 0.348. The van der Waals surface area contributed by atoms with Crippen molar-refractivity contribution in [2.75, 3.05) is 32.8 Å². The first kappa shape index (κ1) is 23.7. The summed E-state index contributed by atoms with van der Waals surface area (Å²) in [6.45, 7) is 1.22. The van der Waals surface area contributed by atoms with Gasteiger partial charge in [0.25, 0.3) is 5.91 Å². The molecule has 1 aromatic carbocycles. The highest BCUT2D eigenvalue weighted by atomic mass is 35.5. The van der Waals surface area contributed by atoms with Crippen LogP contribution in [0.25, 0.3) is 11.3 Å². The number of carbonyl (C=O) groups is 1. The standard InChI is InChI=1S/C23H20ClF3N4O4/c24-20-16(18-11-34-13-29-18)2-1-3-17(20)21(32)30-6-7-31-12-22(33,35-10-15(31)9-30)19-5-4-14(8-28-19)23(25,26)27/h1-5,8,11,13,15,33H,6-7,9-10,12H2/t15-,22?/m0/s1. The van der Waals surface area contributed by atoms with E-state index in [4.69, 9.17) is 20.8 Å². The average Bonchev–Trinajstić information content (AvgIpc) is 3.38. The van der Waals surface area contributed by atoms with Crippen molar-refractivity contribution in [3.8, 4) is 11.3 Å². The Kier molecular flexibility index (Phi) is 6.04. The van der Waals surface area contributed by atoms with Crippen molar-refractivity contribution in [2.24, 2.45) is 0 Å². The number of amides is 1. The largest absolute Gasteiger partial charge is 0.451 e. The number of fused-ring (bicyclic) bond motifs is 1. The molecular formula is C23H20ClF3N4O4. The summed E-state index contributed by atoms with van der Waals surface area (Å²) in [5.74, 6) is -2.09. The molecule has 0 bridgehead atoms. The lowest BCUT2D eigenvalue weighted by Crippen LogP contribution is -2.63. The second-order valence-electron chi connectivity index (χ2n) is 8.44. The Morgan fingerprint density at radius 3 is 2.71 bits per heavy atom. The van der Waals surface area contributed by atoms with Gasteiger partial charge in [0, 0.05) is 31.4 Å². The van der Waals surface area contributed by atoms with Gasteiger partial charge in [-0.05, 0) is 18.2 Å². The van der Waals surface area contributed by atoms with Gasteiger partial charge in [0.15, 0.2) is 6.39 Å². The zero-order chi connectivity index (χ0) is 24.8. The summed E-state index contributed by atoms with van der Waals surface area (Å²) in [6, 6.07) is 6.89. The third-order valence-electron chi connectivity index (χ3n) is 6.25. The van der Waals surface area contributed by atoms with E-state index < -0.39 is 17.5 Å². The SMILES string of the molecule is O=C(c1cccc(-c2cocn2)c1Cl)N1CCN2CC(O)(c3ccc(C(F)(F)F)cn3)OC[C@@H]2C1. The molecule has 8 nitrogen and oxygen atoms in total. The molecule has 12 heteroatoms. The summed E-state index contributed by atoms with van der Waals surface area (Å²) in [5, 5.41) is 11.2. The van der Waals surface area contributed by atoms with E-state index in [1.165, 1.54) is 12.7 Å². The van der Waals surface area contributed by atoms with Gasteiger partial charge in [-0.1, -0.05) is 23.7 Å². The number of rotatable bonds is 3. The van der Waals surface area contributed by atoms with Crippen LogP contribution in [-0.2, 0) is 16.7 Å². The minimum Gasteiger partial charge on any atom is -0.451 e. The molecule has 0 saturated carbocycles. The number of oxazole rings is 1. The normalized spacial score (nSPS) is 23.2. The van der Waals surface area contributed by atoms with Gasteiger partial charge in [-0.25, -0.2) is 4.98 Å². The van der Waals surface area contributed by atoms with Gasteiger partial charge in [-0.15, -0.1) is 0 Å². The molecule has 2 aliphatic rings. The maximum absolute atomic E-state index is 13.3. The molecule has 2 aliphatic heterocycles. The highest BCUT2D eigenvalue weighted by Crippen LogP contribution is 2.34. The molecule has 0 aliphatic carbocycles. The number of alkyl halides is 3. The molecular weight excluding hydrogens is 489 g/mol. The molecule has 184 valence electrons. The van der Waals surface area contributed by atoms with Crippen molar-refractivity contribution in [3.05, 3.63) is 71.0 Å². The van der Waals surface area contributed by atoms with Crippen LogP contribution in [0, 0.1) is 0 Å². The number of morpholine rings is 1. The molecule has 35 heavy (non-hydrogen) atoms. The maximum Gasteiger partial charge on any atom is 0.417 e. The molecule has 5 rings (SSSR count). The number of nitrogens with zero attached hydrogens (tertiary/aromatic N) is 4. The highest BCUT2D eigenvalue weighted by Gasteiger charge is 2.44. The summed E-state index contributed by atoms with van der Waals surface area (Å²) in [7, 11) is 0. The summed E-state index contributed by atoms with van der Waals surface area (Å²) < 4.78 is 49.2. The Hall–Kier alpha value is -2.99. The van der Waals surface area contributed by atoms with Gasteiger partial charge in [-0.3, -0.25) is 14.7 Å². The van der Waals surface area contributed by atoms with Crippen LogP contribution in [0.2, 0.25) is 5.02 Å². The van der Waals surface area contributed by atoms with Crippen LogP contribution >= 0.6 is 11.6 Å². The van der Waals surface area contributed by atoms with Crippen LogP contribution in [-0.4, -0.2) is 69.6 Å². The smallest absolute Gasteiger partial charge is 0.417 e. The van der Waals surface area contributed by atoms with E-state index in [2.05, 4.69) is 9.97 Å². The zero-order valence-electron chi connectivity index (χ0n) is 18.2. The predicted molar refractivity (Wildman–Crippen MR) is 117 cm³/mol. The number of pyridine rings is 1. The Bertz CT molecular complexity index is 1220. The number of hydrogen-bond acceptors (Lipinski definition) is 7. The zero-order valence-corrected chi connectivity index (χ0v) is 19.0. The second kappa shape index (κ2) is 8.90. The van der Waals surface area contributed by atoms with Crippen LogP contribution in [0.4, 0.5) is 13.2 Å². The van der Waals surface area contributed by atoms with E-state index in [0.29, 0.717) is 42.7 Å². The van der Waals surface area contributed by atoms with Gasteiger partial charge in [0.05, 0.1) is 35.3 Å². The van der Waals surface area contributed by atoms with Gasteiger partial charge in [0.1, 0.15) is 17.7 Å². The van der Waals surface area contributed by atoms with Gasteiger partial charge in [0.2, 0.25) is 5.79 Å². The lowest BCUT2D eigenvalue weighted by atomic mass is 10.0. The lowest BCUT2D eigenvalue weighted by molar-refractivity contribution is -0.267. The molecule has 3 aromatic rings. The molecule has 1 amide bonds. The molecule has 2 saturated heterocycles. The van der Waals surface area contributed by atoms with Crippen molar-refractivity contribution < 1.29 is 32.2 Å². The van der Waals surface area contributed by atoms with E-state index in [-0.39, 0.29) is 35.8 Å². The fourth-order valence-electron chi connectivity index (χ4n) is 4.36. The predicted octanol–water partition coefficient (Wildman–Crippen LogP) is 3.41. The molecule has 0 spiro atoms. The minimum atomic E-state index is -4.52. The number of benzene rings is 1. The Morgan fingerprint density at radius 1 is 1.20 bits per heavy atom. The second-order valence-corrected chi connectivity index (χ2v) is 8.82. The van der Waals surface area contributed by atoms with Crippen molar-refractivity contribution >= 4 is 17.5 Å². The number of carbonyl (C=O) groups excluding carboxylic acids is 1. The van der Waals surface area contributed by atoms with E-state index in [9.17, 15) is 23.1 Å². The van der Waals surface area contributed by atoms with Crippen LogP contribution in [0.15, 0.2) is 53.6 Å². The van der Waals surface area contributed by atoms with E-state index in [1.54, 1.807) is 23.1 Å². The summed E-state index contributed by atoms with van der Waals surface area (Å²) >= 11 is 6.52. The van der Waals surface area contributed by atoms with Crippen molar-refractivity contribution in [2.45, 2.75) is 18.0 Å². The number of hydrogen-bond donors (Lipinski definition) is 1. The lowest BCUT2D eigenvalue weighted by Gasteiger charge is -2.48. The number of halogens is 4. The molecule has 2 atom stereocenters. The van der Waals surface area contributed by atoms with Crippen LogP contribution in [0.5, 0.6) is 0 Å². The molecule has 2 aromatic heterocycles. The molecule has 1 N–H and O–H groups in total. The highest BCUT2D eigenvalue weighted by molar-refractivity contribution is 6.36. The number of aromatic nitrogens is 2. The summed E-state index contributed by atoms with van der Waals surface area (Å²) in [5.41, 5.74) is 0.532. The third-order valence-corrected chi connectivity index (χ3v) is 6.66. The Balaban J connectivity index is 1.28. The van der Waals surface area contributed by atoms with Crippen molar-refractivity contribution in [1.82, 2.24) is 19.8 Å². The Morgan fingerprint density at radius 2 is 2.03 bits per heavy atom. The first-order chi connectivity index (χ1) is 16.7. The number of ether oxygens (including phenoxy) is 1. The van der Waals surface area contributed by atoms with Crippen LogP contribution in [0.3, 0.4) is 0 Å². The average molecular weight is 509 g/mol. The fourth-order valence-corrected chi connectivity index (χ4v) is 4.66. The molecule has 4 heterocycles. The van der Waals surface area contributed by atoms with Crippen molar-refractivity contribution in [1.29, 1.82) is 0 Å².